The Balaban J connectivity index is 1.75. The Morgan fingerprint density at radius 2 is 1.64 bits per heavy atom. The summed E-state index contributed by atoms with van der Waals surface area (Å²) >= 11 is 0. The molecule has 0 aliphatic carbocycles. The summed E-state index contributed by atoms with van der Waals surface area (Å²) in [5.41, 5.74) is 2.20. The van der Waals surface area contributed by atoms with E-state index in [-0.39, 0.29) is 12.4 Å². The Kier molecular flexibility index (Phi) is 4.85. The predicted molar refractivity (Wildman–Crippen MR) is 104 cm³/mol. The normalized spacial score (nSPS) is 10.5. The molecule has 0 heterocycles. The van der Waals surface area contributed by atoms with E-state index in [2.05, 4.69) is 17.5 Å². The predicted octanol–water partition coefficient (Wildman–Crippen LogP) is 4.72. The number of para-hydroxylation sites is 1. The number of hydrogen-bond acceptors (Lipinski definition) is 3. The van der Waals surface area contributed by atoms with Gasteiger partial charge in [-0.3, -0.25) is 4.79 Å². The van der Waals surface area contributed by atoms with Gasteiger partial charge in [0.2, 0.25) is 0 Å². The van der Waals surface area contributed by atoms with Gasteiger partial charge in [-0.05, 0) is 41.1 Å². The molecular weight excluding hydrogens is 310 g/mol. The van der Waals surface area contributed by atoms with E-state index in [1.54, 1.807) is 0 Å². The van der Waals surface area contributed by atoms with Crippen LogP contribution in [0, 0.1) is 0 Å². The molecule has 3 rings (SSSR count). The molecular formula is C22H21NO2. The molecule has 0 amide bonds. The number of benzene rings is 3. The molecule has 3 aromatic carbocycles. The third-order valence-electron chi connectivity index (χ3n) is 4.08. The molecule has 25 heavy (non-hydrogen) atoms. The van der Waals surface area contributed by atoms with Gasteiger partial charge in [0.05, 0.1) is 0 Å². The minimum Gasteiger partial charge on any atom is -0.489 e. The lowest BCUT2D eigenvalue weighted by Gasteiger charge is -2.13. The highest BCUT2D eigenvalue weighted by Gasteiger charge is 2.12. The molecule has 0 bridgehead atoms. The first-order valence-corrected chi connectivity index (χ1v) is 8.16. The number of rotatable bonds is 6. The Bertz CT molecular complexity index is 914. The van der Waals surface area contributed by atoms with Gasteiger partial charge < -0.3 is 9.64 Å². The second-order valence-corrected chi connectivity index (χ2v) is 6.18. The number of anilines is 1. The standard InChI is InChI=1S/C22H21NO2/c1-16(15-25-21-7-5-4-6-8-21)22(24)19-10-9-18-14-20(23(2)3)12-11-17(18)13-19/h4-14H,1,15H2,2-3H3. The van der Waals surface area contributed by atoms with Crippen molar-refractivity contribution in [2.75, 3.05) is 25.6 Å². The fourth-order valence-electron chi connectivity index (χ4n) is 2.61. The van der Waals surface area contributed by atoms with E-state index in [0.29, 0.717) is 11.1 Å². The number of ketones is 1. The summed E-state index contributed by atoms with van der Waals surface area (Å²) in [5.74, 6) is 0.640. The van der Waals surface area contributed by atoms with Crippen LogP contribution in [0.5, 0.6) is 5.75 Å². The van der Waals surface area contributed by atoms with Gasteiger partial charge in [-0.25, -0.2) is 0 Å². The monoisotopic (exact) mass is 331 g/mol. The lowest BCUT2D eigenvalue weighted by Crippen LogP contribution is -2.10. The van der Waals surface area contributed by atoms with Crippen LogP contribution in [0.1, 0.15) is 10.4 Å². The Morgan fingerprint density at radius 3 is 2.36 bits per heavy atom. The molecule has 0 fully saturated rings. The van der Waals surface area contributed by atoms with Crippen LogP contribution in [0.15, 0.2) is 78.9 Å². The topological polar surface area (TPSA) is 29.5 Å². The number of Topliss-reactive ketones (excluding diaryl/α,β-unsaturated/α-hetero) is 1. The molecule has 126 valence electrons. The van der Waals surface area contributed by atoms with Crippen molar-refractivity contribution in [3.05, 3.63) is 84.4 Å². The zero-order valence-electron chi connectivity index (χ0n) is 14.5. The van der Waals surface area contributed by atoms with Gasteiger partial charge in [-0.15, -0.1) is 0 Å². The molecule has 3 heteroatoms. The van der Waals surface area contributed by atoms with Crippen molar-refractivity contribution in [1.29, 1.82) is 0 Å². The molecule has 3 aromatic rings. The fraction of sp³-hybridized carbons (Fsp3) is 0.136. The zero-order chi connectivity index (χ0) is 17.8. The van der Waals surface area contributed by atoms with Crippen molar-refractivity contribution in [2.45, 2.75) is 0 Å². The largest absolute Gasteiger partial charge is 0.489 e. The summed E-state index contributed by atoms with van der Waals surface area (Å²) in [6.07, 6.45) is 0. The van der Waals surface area contributed by atoms with E-state index in [0.717, 1.165) is 22.2 Å². The number of carbonyl (C=O) groups excluding carboxylic acids is 1. The van der Waals surface area contributed by atoms with Crippen LogP contribution < -0.4 is 9.64 Å². The molecule has 0 N–H and O–H groups in total. The van der Waals surface area contributed by atoms with Gasteiger partial charge in [0.25, 0.3) is 0 Å². The van der Waals surface area contributed by atoms with Crippen molar-refractivity contribution in [3.8, 4) is 5.75 Å². The Labute approximate surface area is 148 Å². The summed E-state index contributed by atoms with van der Waals surface area (Å²) < 4.78 is 5.61. The van der Waals surface area contributed by atoms with Crippen LogP contribution >= 0.6 is 0 Å². The first-order chi connectivity index (χ1) is 12.0. The maximum absolute atomic E-state index is 12.6. The third kappa shape index (κ3) is 3.89. The van der Waals surface area contributed by atoms with Crippen molar-refractivity contribution in [2.24, 2.45) is 0 Å². The second-order valence-electron chi connectivity index (χ2n) is 6.18. The van der Waals surface area contributed by atoms with Crippen LogP contribution in [0.25, 0.3) is 10.8 Å². The third-order valence-corrected chi connectivity index (χ3v) is 4.08. The lowest BCUT2D eigenvalue weighted by molar-refractivity contribution is 0.102. The smallest absolute Gasteiger partial charge is 0.191 e. The average molecular weight is 331 g/mol. The summed E-state index contributed by atoms with van der Waals surface area (Å²) in [4.78, 5) is 14.7. The van der Waals surface area contributed by atoms with Gasteiger partial charge in [0.15, 0.2) is 5.78 Å². The zero-order valence-corrected chi connectivity index (χ0v) is 14.5. The molecule has 0 saturated heterocycles. The van der Waals surface area contributed by atoms with Crippen molar-refractivity contribution >= 4 is 22.2 Å². The van der Waals surface area contributed by atoms with Crippen LogP contribution in [0.3, 0.4) is 0 Å². The van der Waals surface area contributed by atoms with Gasteiger partial charge in [-0.2, -0.15) is 0 Å². The number of carbonyl (C=O) groups is 1. The van der Waals surface area contributed by atoms with Crippen LogP contribution in [0.4, 0.5) is 5.69 Å². The van der Waals surface area contributed by atoms with Crippen molar-refractivity contribution in [1.82, 2.24) is 0 Å². The summed E-state index contributed by atoms with van der Waals surface area (Å²) in [6.45, 7) is 4.06. The minimum atomic E-state index is -0.0884. The van der Waals surface area contributed by atoms with Gasteiger partial charge in [0.1, 0.15) is 12.4 Å². The molecule has 0 radical (unpaired) electrons. The fourth-order valence-corrected chi connectivity index (χ4v) is 2.61. The maximum atomic E-state index is 12.6. The SMILES string of the molecule is C=C(COc1ccccc1)C(=O)c1ccc2cc(N(C)C)ccc2c1. The summed E-state index contributed by atoms with van der Waals surface area (Å²) in [7, 11) is 4.02. The van der Waals surface area contributed by atoms with Crippen molar-refractivity contribution in [3.63, 3.8) is 0 Å². The first-order valence-electron chi connectivity index (χ1n) is 8.16. The molecule has 0 aliphatic rings. The molecule has 3 nitrogen and oxygen atoms in total. The van der Waals surface area contributed by atoms with E-state index in [1.807, 2.05) is 74.8 Å². The van der Waals surface area contributed by atoms with Crippen molar-refractivity contribution < 1.29 is 9.53 Å². The van der Waals surface area contributed by atoms with Crippen LogP contribution in [0.2, 0.25) is 0 Å². The highest BCUT2D eigenvalue weighted by atomic mass is 16.5. The second kappa shape index (κ2) is 7.22. The number of hydrogen-bond donors (Lipinski definition) is 0. The lowest BCUT2D eigenvalue weighted by atomic mass is 10.0. The molecule has 0 unspecified atom stereocenters. The molecule has 0 aromatic heterocycles. The first kappa shape index (κ1) is 16.8. The Morgan fingerprint density at radius 1 is 0.960 bits per heavy atom. The van der Waals surface area contributed by atoms with E-state index in [9.17, 15) is 4.79 Å². The van der Waals surface area contributed by atoms with Gasteiger partial charge in [0, 0.05) is 30.9 Å². The van der Waals surface area contributed by atoms with E-state index in [1.165, 1.54) is 0 Å². The average Bonchev–Trinajstić information content (AvgIpc) is 2.65. The highest BCUT2D eigenvalue weighted by Crippen LogP contribution is 2.23. The number of nitrogens with zero attached hydrogens (tertiary/aromatic N) is 1. The van der Waals surface area contributed by atoms with Gasteiger partial charge in [-0.1, -0.05) is 43.0 Å². The Hall–Kier alpha value is -3.07. The van der Waals surface area contributed by atoms with E-state index >= 15 is 0 Å². The number of fused-ring (bicyclic) bond motifs is 1. The highest BCUT2D eigenvalue weighted by molar-refractivity contribution is 6.10. The number of ether oxygens (including phenoxy) is 1. The van der Waals surface area contributed by atoms with E-state index < -0.39 is 0 Å². The quantitative estimate of drug-likeness (QED) is 0.483. The van der Waals surface area contributed by atoms with Crippen LogP contribution in [-0.2, 0) is 0 Å². The molecule has 0 aliphatic heterocycles. The minimum absolute atomic E-state index is 0.0884. The summed E-state index contributed by atoms with van der Waals surface area (Å²) in [6, 6.07) is 21.3. The molecule has 0 saturated carbocycles. The summed E-state index contributed by atoms with van der Waals surface area (Å²) in [5, 5.41) is 2.14. The maximum Gasteiger partial charge on any atom is 0.191 e. The van der Waals surface area contributed by atoms with Gasteiger partial charge >= 0.3 is 0 Å². The van der Waals surface area contributed by atoms with Crippen LogP contribution in [-0.4, -0.2) is 26.5 Å². The van der Waals surface area contributed by atoms with E-state index in [4.69, 9.17) is 4.74 Å². The molecule has 0 atom stereocenters. The molecule has 0 spiro atoms.